The highest BCUT2D eigenvalue weighted by Gasteiger charge is 2.47. The third-order valence-electron chi connectivity index (χ3n) is 4.97. The molecule has 2 aromatic heterocycles. The summed E-state index contributed by atoms with van der Waals surface area (Å²) >= 11 is 0. The summed E-state index contributed by atoms with van der Waals surface area (Å²) in [5.74, 6) is -1.74. The molecule has 1 aliphatic rings. The summed E-state index contributed by atoms with van der Waals surface area (Å²) in [7, 11) is 0. The number of nitrogens with zero attached hydrogens (tertiary/aromatic N) is 3. The summed E-state index contributed by atoms with van der Waals surface area (Å²) in [6, 6.07) is 3.70. The lowest BCUT2D eigenvalue weighted by Gasteiger charge is -2.12. The van der Waals surface area contributed by atoms with Crippen LogP contribution in [0.15, 0.2) is 18.2 Å². The van der Waals surface area contributed by atoms with Crippen LogP contribution < -0.4 is 0 Å². The first kappa shape index (κ1) is 17.9. The van der Waals surface area contributed by atoms with Gasteiger partial charge in [-0.15, -0.1) is 0 Å². The monoisotopic (exact) mass is 380 g/mol. The lowest BCUT2D eigenvalue weighted by atomic mass is 9.98. The summed E-state index contributed by atoms with van der Waals surface area (Å²) < 4.78 is 19.6. The fourth-order valence-electron chi connectivity index (χ4n) is 3.62. The van der Waals surface area contributed by atoms with Gasteiger partial charge in [0.2, 0.25) is 5.69 Å². The molecular weight excluding hydrogens is 363 g/mol. The molecule has 142 valence electrons. The Hall–Kier alpha value is -3.47. The summed E-state index contributed by atoms with van der Waals surface area (Å²) in [5, 5.41) is 17.2. The predicted molar refractivity (Wildman–Crippen MR) is 99.4 cm³/mol. The second-order valence-corrected chi connectivity index (χ2v) is 6.73. The summed E-state index contributed by atoms with van der Waals surface area (Å²) in [4.78, 5) is 20.2. The Balaban J connectivity index is 1.94. The van der Waals surface area contributed by atoms with E-state index in [0.29, 0.717) is 28.7 Å². The molecule has 0 radical (unpaired) electrons. The van der Waals surface area contributed by atoms with E-state index in [1.54, 1.807) is 13.8 Å². The van der Waals surface area contributed by atoms with Crippen LogP contribution in [0.1, 0.15) is 30.5 Å². The molecule has 8 heteroatoms. The van der Waals surface area contributed by atoms with Gasteiger partial charge in [-0.1, -0.05) is 0 Å². The number of phenolic OH excluding ortho intramolecular Hbond substituents is 1. The van der Waals surface area contributed by atoms with Gasteiger partial charge in [0.15, 0.2) is 5.65 Å². The zero-order chi connectivity index (χ0) is 20.0. The molecule has 1 saturated carbocycles. The highest BCUT2D eigenvalue weighted by atomic mass is 19.1. The number of carbonyl (C=O) groups excluding carboxylic acids is 1. The molecule has 2 atom stereocenters. The number of aryl methyl sites for hydroxylation is 1. The van der Waals surface area contributed by atoms with Gasteiger partial charge in [-0.05, 0) is 43.9 Å². The highest BCUT2D eigenvalue weighted by Crippen LogP contribution is 2.55. The van der Waals surface area contributed by atoms with Crippen molar-refractivity contribution in [2.24, 2.45) is 5.92 Å². The number of aromatic nitrogens is 3. The number of H-pyrrole nitrogens is 1. The van der Waals surface area contributed by atoms with Gasteiger partial charge >= 0.3 is 5.97 Å². The lowest BCUT2D eigenvalue weighted by Crippen LogP contribution is -2.07. The molecule has 1 aliphatic carbocycles. The first-order chi connectivity index (χ1) is 13.5. The number of hydrogen-bond donors (Lipinski definition) is 2. The van der Waals surface area contributed by atoms with Crippen LogP contribution in [0.25, 0.3) is 27.1 Å². The van der Waals surface area contributed by atoms with Gasteiger partial charge in [0.25, 0.3) is 0 Å². The maximum Gasteiger partial charge on any atom is 0.309 e. The van der Waals surface area contributed by atoms with Crippen LogP contribution in [0, 0.1) is 25.2 Å². The van der Waals surface area contributed by atoms with Crippen molar-refractivity contribution in [2.45, 2.75) is 26.2 Å². The number of halogens is 1. The first-order valence-electron chi connectivity index (χ1n) is 8.87. The molecule has 2 heterocycles. The zero-order valence-electron chi connectivity index (χ0n) is 15.3. The number of carbonyl (C=O) groups is 1. The van der Waals surface area contributed by atoms with Crippen LogP contribution in [-0.4, -0.2) is 32.9 Å². The van der Waals surface area contributed by atoms with Gasteiger partial charge in [-0.25, -0.2) is 14.2 Å². The van der Waals surface area contributed by atoms with Gasteiger partial charge < -0.3 is 9.84 Å². The van der Waals surface area contributed by atoms with Gasteiger partial charge in [-0.3, -0.25) is 9.89 Å². The normalized spacial score (nSPS) is 18.1. The van der Waals surface area contributed by atoms with E-state index in [2.05, 4.69) is 20.0 Å². The molecule has 7 nitrogen and oxygen atoms in total. The number of benzene rings is 1. The van der Waals surface area contributed by atoms with E-state index in [4.69, 9.17) is 11.3 Å². The number of ether oxygens (including phenoxy) is 1. The van der Waals surface area contributed by atoms with E-state index in [-0.39, 0.29) is 47.1 Å². The van der Waals surface area contributed by atoms with Crippen molar-refractivity contribution >= 4 is 22.7 Å². The number of nitrogens with one attached hydrogen (secondary N) is 1. The third kappa shape index (κ3) is 2.76. The number of aromatic amines is 1. The minimum Gasteiger partial charge on any atom is -0.508 e. The van der Waals surface area contributed by atoms with Crippen LogP contribution in [0.4, 0.5) is 10.1 Å². The average molecular weight is 380 g/mol. The standard InChI is InChI=1S/C20H17FN4O3/c1-4-28-20(27)13-8-12(13)16-15-9(2)24-25-19(15)23-17(18(16)22-3)11-6-5-10(26)7-14(11)21/h5-7,12-13,26H,4,8H2,1-2H3,(H,23,24,25)/t12-,13-/m1/s1. The molecule has 0 aliphatic heterocycles. The maximum atomic E-state index is 14.5. The topological polar surface area (TPSA) is 92.5 Å². The fourth-order valence-corrected chi connectivity index (χ4v) is 3.62. The quantitative estimate of drug-likeness (QED) is 0.527. The van der Waals surface area contributed by atoms with Crippen LogP contribution in [0.5, 0.6) is 5.75 Å². The maximum absolute atomic E-state index is 14.5. The van der Waals surface area contributed by atoms with Gasteiger partial charge in [0.1, 0.15) is 11.6 Å². The summed E-state index contributed by atoms with van der Waals surface area (Å²) in [6.07, 6.45) is 0.558. The van der Waals surface area contributed by atoms with Crippen molar-refractivity contribution in [3.8, 4) is 17.0 Å². The van der Waals surface area contributed by atoms with Crippen molar-refractivity contribution in [3.05, 3.63) is 46.7 Å². The van der Waals surface area contributed by atoms with Crippen molar-refractivity contribution in [1.82, 2.24) is 15.2 Å². The minimum atomic E-state index is -0.684. The van der Waals surface area contributed by atoms with Gasteiger partial charge in [0, 0.05) is 17.0 Å². The molecule has 0 amide bonds. The van der Waals surface area contributed by atoms with Crippen molar-refractivity contribution in [3.63, 3.8) is 0 Å². The number of phenols is 1. The fraction of sp³-hybridized carbons (Fsp3) is 0.300. The molecule has 3 aromatic rings. The zero-order valence-corrected chi connectivity index (χ0v) is 15.3. The third-order valence-corrected chi connectivity index (χ3v) is 4.97. The predicted octanol–water partition coefficient (Wildman–Crippen LogP) is 4.00. The largest absolute Gasteiger partial charge is 0.508 e. The van der Waals surface area contributed by atoms with E-state index in [1.165, 1.54) is 12.1 Å². The Morgan fingerprint density at radius 3 is 2.96 bits per heavy atom. The SMILES string of the molecule is [C-]#[N+]c1c(-c2ccc(O)cc2F)nc2[nH]nc(C)c2c1[C@@H]1C[C@H]1C(=O)OCC. The summed E-state index contributed by atoms with van der Waals surface area (Å²) in [5.41, 5.74) is 2.19. The van der Waals surface area contributed by atoms with E-state index in [1.807, 2.05) is 0 Å². The molecule has 0 unspecified atom stereocenters. The lowest BCUT2D eigenvalue weighted by molar-refractivity contribution is -0.144. The molecule has 0 spiro atoms. The Kier molecular flexibility index (Phi) is 4.23. The Morgan fingerprint density at radius 1 is 1.50 bits per heavy atom. The Morgan fingerprint density at radius 2 is 2.29 bits per heavy atom. The molecule has 0 saturated heterocycles. The number of esters is 1. The second kappa shape index (κ2) is 6.60. The van der Waals surface area contributed by atoms with Crippen LogP contribution in [0.2, 0.25) is 0 Å². The summed E-state index contributed by atoms with van der Waals surface area (Å²) in [6.45, 7) is 11.6. The molecule has 1 fully saturated rings. The van der Waals surface area contributed by atoms with E-state index in [9.17, 15) is 14.3 Å². The minimum absolute atomic E-state index is 0.104. The van der Waals surface area contributed by atoms with Crippen molar-refractivity contribution < 1.29 is 19.0 Å². The highest BCUT2D eigenvalue weighted by molar-refractivity contribution is 5.96. The number of hydrogen-bond acceptors (Lipinski definition) is 5. The van der Waals surface area contributed by atoms with E-state index >= 15 is 0 Å². The molecule has 28 heavy (non-hydrogen) atoms. The molecule has 0 bridgehead atoms. The van der Waals surface area contributed by atoms with Gasteiger partial charge in [-0.2, -0.15) is 5.10 Å². The van der Waals surface area contributed by atoms with Crippen molar-refractivity contribution in [1.29, 1.82) is 0 Å². The molecule has 1 aromatic carbocycles. The smallest absolute Gasteiger partial charge is 0.309 e. The number of aromatic hydroxyl groups is 1. The second-order valence-electron chi connectivity index (χ2n) is 6.73. The average Bonchev–Trinajstić information content (AvgIpc) is 3.37. The number of rotatable bonds is 4. The Labute approximate surface area is 160 Å². The first-order valence-corrected chi connectivity index (χ1v) is 8.87. The number of pyridine rings is 1. The van der Waals surface area contributed by atoms with E-state index in [0.717, 1.165) is 6.07 Å². The number of fused-ring (bicyclic) bond motifs is 1. The molecule has 4 rings (SSSR count). The van der Waals surface area contributed by atoms with Gasteiger partial charge in [0.05, 0.1) is 30.5 Å². The van der Waals surface area contributed by atoms with Crippen molar-refractivity contribution in [2.75, 3.05) is 6.61 Å². The van der Waals surface area contributed by atoms with E-state index < -0.39 is 5.82 Å². The molecular formula is C20H17FN4O3. The van der Waals surface area contributed by atoms with Crippen LogP contribution >= 0.6 is 0 Å². The Bertz CT molecular complexity index is 1150. The van der Waals surface area contributed by atoms with Crippen LogP contribution in [0.3, 0.4) is 0 Å². The molecule has 2 N–H and O–H groups in total. The van der Waals surface area contributed by atoms with Crippen LogP contribution in [-0.2, 0) is 9.53 Å².